The Balaban J connectivity index is 1.70. The van der Waals surface area contributed by atoms with Crippen molar-refractivity contribution in [1.82, 2.24) is 10.2 Å². The molecule has 3 aromatic carbocycles. The van der Waals surface area contributed by atoms with E-state index in [0.717, 1.165) is 5.56 Å². The van der Waals surface area contributed by atoms with Crippen LogP contribution in [0.4, 0.5) is 0 Å². The summed E-state index contributed by atoms with van der Waals surface area (Å²) in [6, 6.07) is 19.9. The first kappa shape index (κ1) is 24.8. The van der Waals surface area contributed by atoms with E-state index < -0.39 is 41.2 Å². The van der Waals surface area contributed by atoms with Gasteiger partial charge in [0, 0.05) is 15.1 Å². The summed E-state index contributed by atoms with van der Waals surface area (Å²) in [5.41, 5.74) is 0.738. The average Bonchev–Trinajstić information content (AvgIpc) is 3.35. The number of nitrogens with zero attached hydrogens (tertiary/aromatic N) is 1. The molecule has 6 nitrogen and oxygen atoms in total. The number of imide groups is 1. The van der Waals surface area contributed by atoms with Crippen molar-refractivity contribution in [2.24, 2.45) is 11.8 Å². The van der Waals surface area contributed by atoms with Crippen molar-refractivity contribution in [3.63, 3.8) is 0 Å². The summed E-state index contributed by atoms with van der Waals surface area (Å²) in [4.78, 5) is 42.0. The van der Waals surface area contributed by atoms with Gasteiger partial charge in [-0.05, 0) is 53.1 Å². The summed E-state index contributed by atoms with van der Waals surface area (Å²) in [5, 5.41) is 4.76. The van der Waals surface area contributed by atoms with Crippen molar-refractivity contribution in [2.45, 2.75) is 18.1 Å². The number of ether oxygens (including phenoxy) is 1. The van der Waals surface area contributed by atoms with Gasteiger partial charge in [-0.3, -0.25) is 24.6 Å². The molecule has 5 rings (SSSR count). The van der Waals surface area contributed by atoms with Crippen molar-refractivity contribution in [3.05, 3.63) is 105 Å². The van der Waals surface area contributed by atoms with E-state index in [-0.39, 0.29) is 6.54 Å². The maximum absolute atomic E-state index is 14.1. The minimum Gasteiger partial charge on any atom is -0.468 e. The van der Waals surface area contributed by atoms with Gasteiger partial charge in [0.2, 0.25) is 11.8 Å². The van der Waals surface area contributed by atoms with Gasteiger partial charge in [-0.25, -0.2) is 0 Å². The monoisotopic (exact) mass is 542 g/mol. The van der Waals surface area contributed by atoms with Crippen LogP contribution in [0.1, 0.15) is 16.7 Å². The largest absolute Gasteiger partial charge is 0.468 e. The summed E-state index contributed by atoms with van der Waals surface area (Å²) in [6.45, 7) is 0.0525. The van der Waals surface area contributed by atoms with Gasteiger partial charge in [0.15, 0.2) is 0 Å². The van der Waals surface area contributed by atoms with Crippen LogP contribution in [0.15, 0.2) is 72.8 Å². The van der Waals surface area contributed by atoms with Crippen LogP contribution < -0.4 is 5.32 Å². The summed E-state index contributed by atoms with van der Waals surface area (Å²) in [5.74, 6) is -3.42. The molecule has 0 aromatic heterocycles. The highest BCUT2D eigenvalue weighted by Crippen LogP contribution is 2.52. The second-order valence-electron chi connectivity index (χ2n) is 8.87. The number of likely N-dealkylation sites (tertiary alicyclic amines) is 1. The summed E-state index contributed by atoms with van der Waals surface area (Å²) in [7, 11) is 1.25. The first-order valence-electron chi connectivity index (χ1n) is 11.2. The van der Waals surface area contributed by atoms with Crippen LogP contribution in [0.25, 0.3) is 0 Å². The molecule has 2 amide bonds. The van der Waals surface area contributed by atoms with Gasteiger partial charge in [-0.15, -0.1) is 0 Å². The fourth-order valence-electron chi connectivity index (χ4n) is 5.39. The van der Waals surface area contributed by atoms with E-state index in [1.807, 2.05) is 12.1 Å². The van der Waals surface area contributed by atoms with Crippen LogP contribution in [0.5, 0.6) is 0 Å². The van der Waals surface area contributed by atoms with Crippen molar-refractivity contribution in [1.29, 1.82) is 0 Å². The smallest absolute Gasteiger partial charge is 0.323 e. The molecule has 9 heteroatoms. The first-order valence-corrected chi connectivity index (χ1v) is 12.4. The predicted octanol–water partition coefficient (Wildman–Crippen LogP) is 4.84. The van der Waals surface area contributed by atoms with Crippen LogP contribution in [0, 0.1) is 11.8 Å². The van der Waals surface area contributed by atoms with Crippen LogP contribution in [0.2, 0.25) is 15.1 Å². The van der Waals surface area contributed by atoms with Gasteiger partial charge < -0.3 is 4.74 Å². The third kappa shape index (κ3) is 3.98. The minimum atomic E-state index is -1.26. The van der Waals surface area contributed by atoms with Gasteiger partial charge in [0.1, 0.15) is 6.04 Å². The minimum absolute atomic E-state index is 0.0525. The second-order valence-corrected chi connectivity index (χ2v) is 10.2. The van der Waals surface area contributed by atoms with Gasteiger partial charge in [-0.2, -0.15) is 0 Å². The highest BCUT2D eigenvalue weighted by Gasteiger charge is 2.68. The number of carbonyl (C=O) groups is 3. The Labute approximate surface area is 223 Å². The molecule has 2 heterocycles. The number of hydrogen-bond donors (Lipinski definition) is 1. The molecule has 2 fully saturated rings. The maximum Gasteiger partial charge on any atom is 0.323 e. The fraction of sp³-hybridized carbons (Fsp3) is 0.222. The quantitative estimate of drug-likeness (QED) is 0.368. The Morgan fingerprint density at radius 2 is 1.47 bits per heavy atom. The van der Waals surface area contributed by atoms with Crippen LogP contribution >= 0.6 is 34.8 Å². The molecule has 184 valence electrons. The number of methoxy groups -OCH3 is 1. The van der Waals surface area contributed by atoms with Crippen LogP contribution in [0.3, 0.4) is 0 Å². The van der Waals surface area contributed by atoms with Gasteiger partial charge in [0.05, 0.1) is 31.0 Å². The molecule has 3 atom stereocenters. The predicted molar refractivity (Wildman–Crippen MR) is 137 cm³/mol. The van der Waals surface area contributed by atoms with E-state index in [0.29, 0.717) is 26.2 Å². The Kier molecular flexibility index (Phi) is 6.55. The number of rotatable bonds is 5. The Morgan fingerprint density at radius 1 is 0.889 bits per heavy atom. The Bertz CT molecular complexity index is 1320. The van der Waals surface area contributed by atoms with Crippen molar-refractivity contribution < 1.29 is 19.1 Å². The third-order valence-electron chi connectivity index (χ3n) is 6.92. The van der Waals surface area contributed by atoms with Gasteiger partial charge in [0.25, 0.3) is 0 Å². The third-order valence-corrected chi connectivity index (χ3v) is 7.64. The fourth-order valence-corrected chi connectivity index (χ4v) is 5.89. The summed E-state index contributed by atoms with van der Waals surface area (Å²) < 4.78 is 5.05. The van der Waals surface area contributed by atoms with Crippen molar-refractivity contribution in [2.75, 3.05) is 7.11 Å². The van der Waals surface area contributed by atoms with E-state index in [9.17, 15) is 14.4 Å². The zero-order chi connectivity index (χ0) is 25.6. The molecule has 2 aliphatic heterocycles. The molecule has 36 heavy (non-hydrogen) atoms. The van der Waals surface area contributed by atoms with Crippen molar-refractivity contribution in [3.8, 4) is 0 Å². The number of amides is 2. The lowest BCUT2D eigenvalue weighted by Gasteiger charge is -2.36. The van der Waals surface area contributed by atoms with Crippen molar-refractivity contribution >= 4 is 52.6 Å². The highest BCUT2D eigenvalue weighted by molar-refractivity contribution is 6.31. The first-order chi connectivity index (χ1) is 17.3. The van der Waals surface area contributed by atoms with Gasteiger partial charge >= 0.3 is 5.97 Å². The number of esters is 1. The average molecular weight is 544 g/mol. The number of carbonyl (C=O) groups excluding carboxylic acids is 3. The molecule has 2 saturated heterocycles. The molecule has 0 bridgehead atoms. The molecule has 0 unspecified atom stereocenters. The summed E-state index contributed by atoms with van der Waals surface area (Å²) >= 11 is 18.7. The van der Waals surface area contributed by atoms with E-state index >= 15 is 0 Å². The standard InChI is InChI=1S/C27H21Cl3N2O4/c1-36-26(35)23-21-22(25(34)32(24(21)33)14-15-8-10-18(28)11-9-15)27(31-23,16-4-2-6-19(29)12-16)17-5-3-7-20(30)13-17/h2-13,21-23,31H,14H2,1H3/t21-,22+,23-/m1/s1. The van der Waals surface area contributed by atoms with E-state index in [4.69, 9.17) is 39.5 Å². The molecule has 1 N–H and O–H groups in total. The molecule has 0 radical (unpaired) electrons. The molecular formula is C27H21Cl3N2O4. The number of nitrogens with one attached hydrogen (secondary N) is 1. The summed E-state index contributed by atoms with van der Waals surface area (Å²) in [6.07, 6.45) is 0. The van der Waals surface area contributed by atoms with E-state index in [2.05, 4.69) is 5.32 Å². The lowest BCUT2D eigenvalue weighted by molar-refractivity contribution is -0.148. The zero-order valence-corrected chi connectivity index (χ0v) is 21.3. The molecule has 0 saturated carbocycles. The maximum atomic E-state index is 14.1. The van der Waals surface area contributed by atoms with Crippen LogP contribution in [-0.4, -0.2) is 35.8 Å². The normalized spacial score (nSPS) is 22.6. The lowest BCUT2D eigenvalue weighted by atomic mass is 9.71. The van der Waals surface area contributed by atoms with E-state index in [1.165, 1.54) is 12.0 Å². The molecule has 2 aliphatic rings. The SMILES string of the molecule is COC(=O)[C@@H]1NC(c2cccc(Cl)c2)(c2cccc(Cl)c2)[C@@H]2C(=O)N(Cc3ccc(Cl)cc3)C(=O)[C@H]21. The number of benzene rings is 3. The second kappa shape index (κ2) is 9.52. The van der Waals surface area contributed by atoms with Gasteiger partial charge in [-0.1, -0.05) is 71.2 Å². The Hall–Kier alpha value is -2.90. The van der Waals surface area contributed by atoms with E-state index in [1.54, 1.807) is 60.7 Å². The van der Waals surface area contributed by atoms with Crippen LogP contribution in [-0.2, 0) is 31.2 Å². The number of hydrogen-bond acceptors (Lipinski definition) is 5. The highest BCUT2D eigenvalue weighted by atomic mass is 35.5. The Morgan fingerprint density at radius 3 is 2.00 bits per heavy atom. The number of halogens is 3. The zero-order valence-electron chi connectivity index (χ0n) is 19.1. The molecule has 0 aliphatic carbocycles. The topological polar surface area (TPSA) is 75.7 Å². The molecule has 3 aromatic rings. The number of fused-ring (bicyclic) bond motifs is 1. The molecular weight excluding hydrogens is 523 g/mol. The molecule has 0 spiro atoms. The lowest BCUT2D eigenvalue weighted by Crippen LogP contribution is -2.51.